The minimum Gasteiger partial charge on any atom is -0.471 e. The van der Waals surface area contributed by atoms with E-state index in [-0.39, 0.29) is 12.0 Å². The zero-order valence-electron chi connectivity index (χ0n) is 14.9. The van der Waals surface area contributed by atoms with Crippen molar-refractivity contribution in [2.45, 2.75) is 45.1 Å². The molecule has 1 aromatic heterocycles. The van der Waals surface area contributed by atoms with Crippen LogP contribution < -0.4 is 4.74 Å². The van der Waals surface area contributed by atoms with E-state index in [2.05, 4.69) is 48.3 Å². The molecule has 1 aliphatic heterocycles. The van der Waals surface area contributed by atoms with Crippen molar-refractivity contribution in [2.24, 2.45) is 0 Å². The summed E-state index contributed by atoms with van der Waals surface area (Å²) in [6.45, 7) is 5.75. The molecule has 1 saturated heterocycles. The predicted octanol–water partition coefficient (Wildman–Crippen LogP) is 3.21. The molecule has 3 rings (SSSR count). The molecule has 5 nitrogen and oxygen atoms in total. The van der Waals surface area contributed by atoms with Crippen LogP contribution in [0.2, 0.25) is 0 Å². The van der Waals surface area contributed by atoms with Crippen LogP contribution in [0.15, 0.2) is 42.6 Å². The first-order valence-electron chi connectivity index (χ1n) is 8.93. The summed E-state index contributed by atoms with van der Waals surface area (Å²) in [5.41, 5.74) is 2.36. The van der Waals surface area contributed by atoms with Crippen molar-refractivity contribution in [2.75, 3.05) is 13.1 Å². The quantitative estimate of drug-likeness (QED) is 0.839. The monoisotopic (exact) mass is 339 g/mol. The Labute approximate surface area is 149 Å². The lowest BCUT2D eigenvalue weighted by Gasteiger charge is -2.32. The molecule has 0 aliphatic carbocycles. The maximum Gasteiger partial charge on any atom is 0.233 e. The lowest BCUT2D eigenvalue weighted by Crippen LogP contribution is -2.45. The second-order valence-electron chi connectivity index (χ2n) is 6.86. The van der Waals surface area contributed by atoms with Crippen LogP contribution in [0.25, 0.3) is 0 Å². The molecule has 0 spiro atoms. The number of piperidine rings is 1. The summed E-state index contributed by atoms with van der Waals surface area (Å²) in [4.78, 5) is 14.5. The van der Waals surface area contributed by atoms with Gasteiger partial charge in [-0.15, -0.1) is 5.10 Å². The normalized spacial score (nSPS) is 17.6. The Morgan fingerprint density at radius 2 is 2.08 bits per heavy atom. The topological polar surface area (TPSA) is 55.3 Å². The summed E-state index contributed by atoms with van der Waals surface area (Å²) < 4.78 is 5.86. The smallest absolute Gasteiger partial charge is 0.233 e. The van der Waals surface area contributed by atoms with Gasteiger partial charge in [0.2, 0.25) is 11.8 Å². The molecule has 0 radical (unpaired) electrons. The summed E-state index contributed by atoms with van der Waals surface area (Å²) in [6, 6.07) is 11.9. The lowest BCUT2D eigenvalue weighted by atomic mass is 10.0. The highest BCUT2D eigenvalue weighted by molar-refractivity contribution is 5.79. The third kappa shape index (κ3) is 4.78. The number of nitrogens with zero attached hydrogens (tertiary/aromatic N) is 3. The lowest BCUT2D eigenvalue weighted by molar-refractivity contribution is -0.133. The molecule has 1 fully saturated rings. The number of hydrogen-bond donors (Lipinski definition) is 0. The van der Waals surface area contributed by atoms with Gasteiger partial charge in [-0.2, -0.15) is 5.10 Å². The average molecular weight is 339 g/mol. The molecular weight excluding hydrogens is 314 g/mol. The van der Waals surface area contributed by atoms with Crippen molar-refractivity contribution in [3.8, 4) is 5.88 Å². The van der Waals surface area contributed by atoms with Crippen LogP contribution in [0, 0.1) is 0 Å². The molecule has 1 amide bonds. The van der Waals surface area contributed by atoms with E-state index in [9.17, 15) is 4.79 Å². The molecule has 1 aromatic carbocycles. The second kappa shape index (κ2) is 8.10. The fourth-order valence-corrected chi connectivity index (χ4v) is 3.09. The molecule has 2 aromatic rings. The number of benzene rings is 1. The number of aromatic nitrogens is 2. The molecule has 0 saturated carbocycles. The number of carbonyl (C=O) groups is 1. The molecule has 1 unspecified atom stereocenters. The minimum atomic E-state index is -0.0160. The fraction of sp³-hybridized carbons (Fsp3) is 0.450. The van der Waals surface area contributed by atoms with Gasteiger partial charge in [0.15, 0.2) is 0 Å². The third-order valence-corrected chi connectivity index (χ3v) is 4.57. The van der Waals surface area contributed by atoms with Gasteiger partial charge >= 0.3 is 0 Å². The van der Waals surface area contributed by atoms with E-state index in [1.54, 1.807) is 18.3 Å². The number of hydrogen-bond acceptors (Lipinski definition) is 4. The number of rotatable bonds is 5. The second-order valence-corrected chi connectivity index (χ2v) is 6.86. The SMILES string of the molecule is CC(C)c1ccc(CC(=O)N2CCCC(Oc3cccnn3)C2)cc1. The van der Waals surface area contributed by atoms with E-state index in [4.69, 9.17) is 4.74 Å². The molecule has 1 atom stereocenters. The van der Waals surface area contributed by atoms with Crippen LogP contribution in [0.1, 0.15) is 43.7 Å². The maximum absolute atomic E-state index is 12.6. The Kier molecular flexibility index (Phi) is 5.64. The molecule has 132 valence electrons. The Balaban J connectivity index is 1.56. The fourth-order valence-electron chi connectivity index (χ4n) is 3.09. The van der Waals surface area contributed by atoms with E-state index in [1.165, 1.54) is 5.56 Å². The highest BCUT2D eigenvalue weighted by atomic mass is 16.5. The number of ether oxygens (including phenoxy) is 1. The van der Waals surface area contributed by atoms with Gasteiger partial charge in [0.1, 0.15) is 6.10 Å². The van der Waals surface area contributed by atoms with Crippen LogP contribution in [0.4, 0.5) is 0 Å². The molecule has 2 heterocycles. The van der Waals surface area contributed by atoms with E-state index in [1.807, 2.05) is 4.90 Å². The van der Waals surface area contributed by atoms with Crippen LogP contribution in [-0.2, 0) is 11.2 Å². The zero-order valence-corrected chi connectivity index (χ0v) is 14.9. The predicted molar refractivity (Wildman–Crippen MR) is 96.5 cm³/mol. The Bertz CT molecular complexity index is 686. The van der Waals surface area contributed by atoms with Gasteiger partial charge in [0.05, 0.1) is 13.0 Å². The van der Waals surface area contributed by atoms with Gasteiger partial charge in [0, 0.05) is 18.8 Å². The van der Waals surface area contributed by atoms with E-state index in [0.29, 0.717) is 24.8 Å². The van der Waals surface area contributed by atoms with E-state index >= 15 is 0 Å². The van der Waals surface area contributed by atoms with Crippen molar-refractivity contribution in [3.63, 3.8) is 0 Å². The maximum atomic E-state index is 12.6. The van der Waals surface area contributed by atoms with Crippen molar-refractivity contribution in [1.82, 2.24) is 15.1 Å². The number of likely N-dealkylation sites (tertiary alicyclic amines) is 1. The van der Waals surface area contributed by atoms with Crippen LogP contribution >= 0.6 is 0 Å². The van der Waals surface area contributed by atoms with Crippen LogP contribution in [-0.4, -0.2) is 40.2 Å². The Hall–Kier alpha value is -2.43. The van der Waals surface area contributed by atoms with Gasteiger partial charge in [-0.3, -0.25) is 4.79 Å². The van der Waals surface area contributed by atoms with Gasteiger partial charge in [-0.1, -0.05) is 38.1 Å². The molecule has 25 heavy (non-hydrogen) atoms. The zero-order chi connectivity index (χ0) is 17.6. The molecule has 5 heteroatoms. The van der Waals surface area contributed by atoms with Crippen molar-refractivity contribution in [1.29, 1.82) is 0 Å². The van der Waals surface area contributed by atoms with Gasteiger partial charge in [-0.25, -0.2) is 0 Å². The average Bonchev–Trinajstić information content (AvgIpc) is 2.63. The highest BCUT2D eigenvalue weighted by Gasteiger charge is 2.25. The number of amides is 1. The van der Waals surface area contributed by atoms with Gasteiger partial charge in [0.25, 0.3) is 0 Å². The standard InChI is InChI=1S/C20H25N3O2/c1-15(2)17-9-7-16(8-10-17)13-20(24)23-12-4-5-18(14-23)25-19-6-3-11-21-22-19/h3,6-11,15,18H,4-5,12-14H2,1-2H3. The molecule has 1 aliphatic rings. The summed E-state index contributed by atoms with van der Waals surface area (Å²) >= 11 is 0. The largest absolute Gasteiger partial charge is 0.471 e. The van der Waals surface area contributed by atoms with E-state index in [0.717, 1.165) is 24.9 Å². The molecule has 0 N–H and O–H groups in total. The minimum absolute atomic E-state index is 0.0160. The summed E-state index contributed by atoms with van der Waals surface area (Å²) in [7, 11) is 0. The summed E-state index contributed by atoms with van der Waals surface area (Å²) in [5.74, 6) is 1.18. The highest BCUT2D eigenvalue weighted by Crippen LogP contribution is 2.18. The van der Waals surface area contributed by atoms with Crippen molar-refractivity contribution in [3.05, 3.63) is 53.7 Å². The first kappa shape index (κ1) is 17.4. The van der Waals surface area contributed by atoms with Crippen LogP contribution in [0.5, 0.6) is 5.88 Å². The first-order chi connectivity index (χ1) is 12.1. The first-order valence-corrected chi connectivity index (χ1v) is 8.93. The van der Waals surface area contributed by atoms with Gasteiger partial charge < -0.3 is 9.64 Å². The van der Waals surface area contributed by atoms with Crippen molar-refractivity contribution >= 4 is 5.91 Å². The number of carbonyl (C=O) groups excluding carboxylic acids is 1. The molecule has 0 bridgehead atoms. The van der Waals surface area contributed by atoms with Crippen LogP contribution in [0.3, 0.4) is 0 Å². The Morgan fingerprint density at radius 3 is 2.76 bits per heavy atom. The summed E-state index contributed by atoms with van der Waals surface area (Å²) in [6.07, 6.45) is 3.93. The van der Waals surface area contributed by atoms with Crippen molar-refractivity contribution < 1.29 is 9.53 Å². The summed E-state index contributed by atoms with van der Waals surface area (Å²) in [5, 5.41) is 7.78. The third-order valence-electron chi connectivity index (χ3n) is 4.57. The molecular formula is C20H25N3O2. The van der Waals surface area contributed by atoms with Gasteiger partial charge in [-0.05, 0) is 36.0 Å². The Morgan fingerprint density at radius 1 is 1.28 bits per heavy atom. The van der Waals surface area contributed by atoms with E-state index < -0.39 is 0 Å².